The maximum Gasteiger partial charge on any atom is 0.440 e. The van der Waals surface area contributed by atoms with E-state index in [0.717, 1.165) is 5.56 Å². The summed E-state index contributed by atoms with van der Waals surface area (Å²) in [6.07, 6.45) is -7.12. The van der Waals surface area contributed by atoms with Crippen LogP contribution in [0.5, 0.6) is 0 Å². The van der Waals surface area contributed by atoms with Gasteiger partial charge in [0.15, 0.2) is 6.10 Å². The number of anilines is 1. The molecule has 0 spiro atoms. The summed E-state index contributed by atoms with van der Waals surface area (Å²) in [6, 6.07) is 10.5. The number of aromatic nitrogens is 2. The maximum absolute atomic E-state index is 14.4. The average Bonchev–Trinajstić information content (AvgIpc) is 3.15. The molecule has 30 heavy (non-hydrogen) atoms. The van der Waals surface area contributed by atoms with E-state index >= 15 is 0 Å². The zero-order chi connectivity index (χ0) is 21.8. The topological polar surface area (TPSA) is 96.2 Å². The Morgan fingerprint density at radius 1 is 1.20 bits per heavy atom. The second-order valence-corrected chi connectivity index (χ2v) is 7.16. The molecule has 0 fully saturated rings. The number of aliphatic hydroxyl groups is 1. The molecule has 0 bridgehead atoms. The van der Waals surface area contributed by atoms with Crippen LogP contribution in [0.3, 0.4) is 0 Å². The SMILES string of the molecule is Cc1cc2nc3n(c2cc1C)C(NC(=O)C(O)c1ccccc1)(C(F)(F)F)C(=O)N3. The van der Waals surface area contributed by atoms with Crippen LogP contribution < -0.4 is 10.6 Å². The molecule has 1 aliphatic rings. The number of aryl methyl sites for hydroxylation is 2. The summed E-state index contributed by atoms with van der Waals surface area (Å²) in [4.78, 5) is 29.3. The van der Waals surface area contributed by atoms with Crippen molar-refractivity contribution in [3.8, 4) is 0 Å². The van der Waals surface area contributed by atoms with Gasteiger partial charge in [0.2, 0.25) is 5.95 Å². The van der Waals surface area contributed by atoms with E-state index in [1.165, 1.54) is 30.3 Å². The van der Waals surface area contributed by atoms with Gasteiger partial charge in [-0.15, -0.1) is 0 Å². The first kappa shape index (κ1) is 19.9. The third-order valence-electron chi connectivity index (χ3n) is 5.24. The van der Waals surface area contributed by atoms with Crippen molar-refractivity contribution in [2.75, 3.05) is 5.32 Å². The lowest BCUT2D eigenvalue weighted by molar-refractivity contribution is -0.218. The highest BCUT2D eigenvalue weighted by Gasteiger charge is 2.68. The predicted molar refractivity (Wildman–Crippen MR) is 101 cm³/mol. The molecule has 1 aliphatic heterocycles. The van der Waals surface area contributed by atoms with Gasteiger partial charge in [-0.1, -0.05) is 30.3 Å². The number of hydrogen-bond acceptors (Lipinski definition) is 4. The van der Waals surface area contributed by atoms with Crippen LogP contribution in [0.1, 0.15) is 22.8 Å². The number of aliphatic hydroxyl groups excluding tert-OH is 1. The van der Waals surface area contributed by atoms with Crippen molar-refractivity contribution in [1.82, 2.24) is 14.9 Å². The lowest BCUT2D eigenvalue weighted by atomic mass is 10.0. The maximum atomic E-state index is 14.4. The number of benzene rings is 2. The monoisotopic (exact) mass is 418 g/mol. The molecule has 7 nitrogen and oxygen atoms in total. The van der Waals surface area contributed by atoms with Gasteiger partial charge in [-0.2, -0.15) is 13.2 Å². The number of halogens is 3. The lowest BCUT2D eigenvalue weighted by Crippen LogP contribution is -2.64. The van der Waals surface area contributed by atoms with Crippen LogP contribution in [-0.2, 0) is 15.3 Å². The van der Waals surface area contributed by atoms with Crippen molar-refractivity contribution < 1.29 is 27.9 Å². The number of rotatable bonds is 3. The number of carbonyl (C=O) groups excluding carboxylic acids is 2. The standard InChI is InChI=1S/C20H17F3N4O3/c1-10-8-13-14(9-11(10)2)27-18(24-13)25-17(30)19(27,20(21,22)23)26-16(29)15(28)12-6-4-3-5-7-12/h3-9,15,28H,1-2H3,(H,26,29)(H,24,25,30). The molecule has 4 rings (SSSR count). The fourth-order valence-electron chi connectivity index (χ4n) is 3.52. The zero-order valence-electron chi connectivity index (χ0n) is 15.9. The number of hydrogen-bond donors (Lipinski definition) is 3. The summed E-state index contributed by atoms with van der Waals surface area (Å²) in [5, 5.41) is 14.1. The van der Waals surface area contributed by atoms with Gasteiger partial charge in [0, 0.05) is 0 Å². The third-order valence-corrected chi connectivity index (χ3v) is 5.24. The van der Waals surface area contributed by atoms with Gasteiger partial charge in [-0.05, 0) is 42.7 Å². The molecule has 2 unspecified atom stereocenters. The smallest absolute Gasteiger partial charge is 0.378 e. The predicted octanol–water partition coefficient (Wildman–Crippen LogP) is 2.67. The van der Waals surface area contributed by atoms with E-state index in [1.807, 2.05) is 0 Å². The molecule has 0 saturated carbocycles. The first-order valence-electron chi connectivity index (χ1n) is 8.99. The van der Waals surface area contributed by atoms with E-state index in [9.17, 15) is 27.9 Å². The van der Waals surface area contributed by atoms with Gasteiger partial charge < -0.3 is 10.4 Å². The van der Waals surface area contributed by atoms with Crippen molar-refractivity contribution in [2.45, 2.75) is 31.8 Å². The molecule has 2 atom stereocenters. The Morgan fingerprint density at radius 3 is 2.47 bits per heavy atom. The van der Waals surface area contributed by atoms with E-state index < -0.39 is 29.8 Å². The Bertz CT molecular complexity index is 1170. The van der Waals surface area contributed by atoms with E-state index in [-0.39, 0.29) is 22.5 Å². The number of alkyl halides is 3. The first-order chi connectivity index (χ1) is 14.1. The normalized spacial score (nSPS) is 19.5. The van der Waals surface area contributed by atoms with Crippen molar-refractivity contribution >= 4 is 28.8 Å². The molecule has 10 heteroatoms. The number of amides is 2. The molecule has 2 aromatic carbocycles. The minimum atomic E-state index is -5.22. The van der Waals surface area contributed by atoms with E-state index in [1.54, 1.807) is 31.3 Å². The van der Waals surface area contributed by atoms with Gasteiger partial charge >= 0.3 is 6.18 Å². The molecule has 2 heterocycles. The number of carbonyl (C=O) groups is 2. The van der Waals surface area contributed by atoms with E-state index in [0.29, 0.717) is 10.1 Å². The molecule has 0 saturated heterocycles. The summed E-state index contributed by atoms with van der Waals surface area (Å²) in [7, 11) is 0. The molecule has 0 aliphatic carbocycles. The second-order valence-electron chi connectivity index (χ2n) is 7.16. The van der Waals surface area contributed by atoms with Crippen LogP contribution in [0.4, 0.5) is 19.1 Å². The van der Waals surface area contributed by atoms with Crippen LogP contribution in [0.15, 0.2) is 42.5 Å². The van der Waals surface area contributed by atoms with Crippen LogP contribution in [0.2, 0.25) is 0 Å². The van der Waals surface area contributed by atoms with Crippen LogP contribution in [-0.4, -0.2) is 32.6 Å². The molecular formula is C20H17F3N4O3. The molecule has 2 amide bonds. The van der Waals surface area contributed by atoms with Gasteiger partial charge in [-0.25, -0.2) is 4.98 Å². The minimum absolute atomic E-state index is 0.0262. The summed E-state index contributed by atoms with van der Waals surface area (Å²) in [6.45, 7) is 3.50. The van der Waals surface area contributed by atoms with Crippen LogP contribution >= 0.6 is 0 Å². The quantitative estimate of drug-likeness (QED) is 0.609. The molecule has 156 valence electrons. The van der Waals surface area contributed by atoms with Crippen molar-refractivity contribution in [3.63, 3.8) is 0 Å². The third kappa shape index (κ3) is 2.75. The molecule has 3 N–H and O–H groups in total. The highest BCUT2D eigenvalue weighted by Crippen LogP contribution is 2.44. The molecule has 0 radical (unpaired) electrons. The fourth-order valence-corrected chi connectivity index (χ4v) is 3.52. The van der Waals surface area contributed by atoms with Crippen molar-refractivity contribution in [2.24, 2.45) is 0 Å². The largest absolute Gasteiger partial charge is 0.440 e. The lowest BCUT2D eigenvalue weighted by Gasteiger charge is -2.32. The number of nitrogens with one attached hydrogen (secondary N) is 2. The van der Waals surface area contributed by atoms with Crippen LogP contribution in [0.25, 0.3) is 11.0 Å². The van der Waals surface area contributed by atoms with Crippen LogP contribution in [0, 0.1) is 13.8 Å². The molecular weight excluding hydrogens is 401 g/mol. The van der Waals surface area contributed by atoms with Gasteiger partial charge in [0.25, 0.3) is 17.5 Å². The van der Waals surface area contributed by atoms with Gasteiger partial charge in [0.1, 0.15) is 0 Å². The van der Waals surface area contributed by atoms with Crippen molar-refractivity contribution in [1.29, 1.82) is 0 Å². The van der Waals surface area contributed by atoms with Crippen molar-refractivity contribution in [3.05, 3.63) is 59.2 Å². The highest BCUT2D eigenvalue weighted by atomic mass is 19.4. The highest BCUT2D eigenvalue weighted by molar-refractivity contribution is 6.05. The first-order valence-corrected chi connectivity index (χ1v) is 8.99. The Balaban J connectivity index is 1.87. The Labute approximate surface area is 168 Å². The summed E-state index contributed by atoms with van der Waals surface area (Å²) < 4.78 is 43.7. The Hall–Kier alpha value is -3.40. The van der Waals surface area contributed by atoms with E-state index in [4.69, 9.17) is 0 Å². The fraction of sp³-hybridized carbons (Fsp3) is 0.250. The molecule has 1 aromatic heterocycles. The number of fused-ring (bicyclic) bond motifs is 3. The summed E-state index contributed by atoms with van der Waals surface area (Å²) >= 11 is 0. The number of imidazole rings is 1. The van der Waals surface area contributed by atoms with Gasteiger partial charge in [0.05, 0.1) is 11.0 Å². The second kappa shape index (κ2) is 6.56. The van der Waals surface area contributed by atoms with E-state index in [2.05, 4.69) is 10.3 Å². The minimum Gasteiger partial charge on any atom is -0.378 e. The van der Waals surface area contributed by atoms with Gasteiger partial charge in [-0.3, -0.25) is 19.5 Å². The zero-order valence-corrected chi connectivity index (χ0v) is 15.9. The number of nitrogens with zero attached hydrogens (tertiary/aromatic N) is 2. The summed E-state index contributed by atoms with van der Waals surface area (Å²) in [5.41, 5.74) is -1.60. The molecule has 3 aromatic rings. The Kier molecular flexibility index (Phi) is 4.35. The Morgan fingerprint density at radius 2 is 1.83 bits per heavy atom. The average molecular weight is 418 g/mol. The summed E-state index contributed by atoms with van der Waals surface area (Å²) in [5.74, 6) is -3.22.